The number of nitro groups is 1. The molecule has 0 bridgehead atoms. The first-order chi connectivity index (χ1) is 12.5. The first-order valence-corrected chi connectivity index (χ1v) is 8.16. The Kier molecular flexibility index (Phi) is 4.83. The van der Waals surface area contributed by atoms with E-state index in [1.165, 1.54) is 18.2 Å². The number of nitrogens with one attached hydrogen (secondary N) is 3. The van der Waals surface area contributed by atoms with E-state index >= 15 is 0 Å². The number of benzene rings is 2. The summed E-state index contributed by atoms with van der Waals surface area (Å²) < 4.78 is 0. The summed E-state index contributed by atoms with van der Waals surface area (Å²) >= 11 is 0. The number of carbonyl (C=O) groups is 2. The number of nitro benzene ring substituents is 1. The minimum atomic E-state index is -0.548. The Bertz CT molecular complexity index is 860. The molecule has 0 unspecified atom stereocenters. The molecular formula is C18H18N4O4. The first-order valence-electron chi connectivity index (χ1n) is 8.16. The second kappa shape index (κ2) is 7.22. The van der Waals surface area contributed by atoms with Gasteiger partial charge in [-0.1, -0.05) is 0 Å². The summed E-state index contributed by atoms with van der Waals surface area (Å²) in [5.41, 5.74) is 1.68. The highest BCUT2D eigenvalue weighted by molar-refractivity contribution is 6.08. The molecule has 0 aliphatic heterocycles. The van der Waals surface area contributed by atoms with Crippen LogP contribution in [0.15, 0.2) is 42.5 Å². The van der Waals surface area contributed by atoms with Crippen molar-refractivity contribution in [2.45, 2.75) is 12.8 Å². The zero-order valence-electron chi connectivity index (χ0n) is 14.1. The van der Waals surface area contributed by atoms with E-state index in [9.17, 15) is 19.7 Å². The number of amides is 2. The maximum atomic E-state index is 12.5. The van der Waals surface area contributed by atoms with Gasteiger partial charge in [-0.2, -0.15) is 0 Å². The van der Waals surface area contributed by atoms with Crippen molar-refractivity contribution >= 4 is 34.6 Å². The maximum Gasteiger partial charge on any atom is 0.270 e. The lowest BCUT2D eigenvalue weighted by Crippen LogP contribution is -2.15. The number of rotatable bonds is 6. The fourth-order valence-electron chi connectivity index (χ4n) is 2.48. The summed E-state index contributed by atoms with van der Waals surface area (Å²) in [7, 11) is 1.63. The Hall–Kier alpha value is -3.42. The van der Waals surface area contributed by atoms with Gasteiger partial charge in [0, 0.05) is 42.2 Å². The molecule has 2 aromatic rings. The van der Waals surface area contributed by atoms with E-state index in [1.807, 2.05) is 0 Å². The minimum absolute atomic E-state index is 0.0112. The zero-order valence-corrected chi connectivity index (χ0v) is 14.1. The van der Waals surface area contributed by atoms with Crippen LogP contribution < -0.4 is 16.0 Å². The SMILES string of the molecule is CNc1ccc([N+](=O)[O-])cc1C(=O)Nc1ccc(NC(=O)C2CC2)cc1. The van der Waals surface area contributed by atoms with Crippen LogP contribution in [0.3, 0.4) is 0 Å². The molecule has 3 N–H and O–H groups in total. The van der Waals surface area contributed by atoms with Crippen molar-refractivity contribution in [1.82, 2.24) is 0 Å². The molecular weight excluding hydrogens is 336 g/mol. The lowest BCUT2D eigenvalue weighted by molar-refractivity contribution is -0.384. The summed E-state index contributed by atoms with van der Waals surface area (Å²) in [4.78, 5) is 34.6. The molecule has 134 valence electrons. The van der Waals surface area contributed by atoms with Crippen LogP contribution >= 0.6 is 0 Å². The number of carbonyl (C=O) groups excluding carboxylic acids is 2. The summed E-state index contributed by atoms with van der Waals surface area (Å²) in [6.45, 7) is 0. The van der Waals surface area contributed by atoms with Gasteiger partial charge >= 0.3 is 0 Å². The smallest absolute Gasteiger partial charge is 0.270 e. The van der Waals surface area contributed by atoms with Gasteiger partial charge in [-0.05, 0) is 43.2 Å². The average molecular weight is 354 g/mol. The van der Waals surface area contributed by atoms with Crippen LogP contribution in [0.4, 0.5) is 22.7 Å². The van der Waals surface area contributed by atoms with Gasteiger partial charge in [0.25, 0.3) is 11.6 Å². The van der Waals surface area contributed by atoms with Crippen LogP contribution in [0.25, 0.3) is 0 Å². The second-order valence-corrected chi connectivity index (χ2v) is 6.03. The molecule has 8 heteroatoms. The van der Waals surface area contributed by atoms with Crippen molar-refractivity contribution in [1.29, 1.82) is 0 Å². The average Bonchev–Trinajstić information content (AvgIpc) is 3.48. The number of hydrogen-bond donors (Lipinski definition) is 3. The topological polar surface area (TPSA) is 113 Å². The molecule has 1 saturated carbocycles. The summed E-state index contributed by atoms with van der Waals surface area (Å²) in [6, 6.07) is 10.8. The molecule has 0 spiro atoms. The van der Waals surface area contributed by atoms with Crippen molar-refractivity contribution in [2.24, 2.45) is 5.92 Å². The van der Waals surface area contributed by atoms with E-state index in [4.69, 9.17) is 0 Å². The fraction of sp³-hybridized carbons (Fsp3) is 0.222. The van der Waals surface area contributed by atoms with Crippen LogP contribution in [0.5, 0.6) is 0 Å². The minimum Gasteiger partial charge on any atom is -0.387 e. The van der Waals surface area contributed by atoms with Gasteiger partial charge in [0.1, 0.15) is 0 Å². The molecule has 26 heavy (non-hydrogen) atoms. The lowest BCUT2D eigenvalue weighted by Gasteiger charge is -2.11. The van der Waals surface area contributed by atoms with E-state index in [1.54, 1.807) is 31.3 Å². The Balaban J connectivity index is 1.72. The van der Waals surface area contributed by atoms with E-state index in [0.29, 0.717) is 17.1 Å². The number of anilines is 3. The highest BCUT2D eigenvalue weighted by Gasteiger charge is 2.29. The van der Waals surface area contributed by atoms with E-state index in [-0.39, 0.29) is 23.1 Å². The van der Waals surface area contributed by atoms with Gasteiger partial charge in [0.05, 0.1) is 10.5 Å². The van der Waals surface area contributed by atoms with Gasteiger partial charge < -0.3 is 16.0 Å². The van der Waals surface area contributed by atoms with Crippen LogP contribution in [-0.4, -0.2) is 23.8 Å². The van der Waals surface area contributed by atoms with Crippen LogP contribution in [0.1, 0.15) is 23.2 Å². The van der Waals surface area contributed by atoms with Crippen molar-refractivity contribution in [3.05, 3.63) is 58.1 Å². The third-order valence-corrected chi connectivity index (χ3v) is 4.09. The Labute approximate surface area is 149 Å². The van der Waals surface area contributed by atoms with Gasteiger partial charge in [-0.25, -0.2) is 0 Å². The van der Waals surface area contributed by atoms with Crippen LogP contribution in [0.2, 0.25) is 0 Å². The molecule has 1 aliphatic carbocycles. The van der Waals surface area contributed by atoms with Gasteiger partial charge in [0.15, 0.2) is 0 Å². The highest BCUT2D eigenvalue weighted by Crippen LogP contribution is 2.30. The summed E-state index contributed by atoms with van der Waals surface area (Å²) in [6.07, 6.45) is 1.86. The predicted octanol–water partition coefficient (Wildman–Crippen LogP) is 3.24. The summed E-state index contributed by atoms with van der Waals surface area (Å²) in [5, 5.41) is 19.3. The molecule has 0 saturated heterocycles. The van der Waals surface area contributed by atoms with E-state index < -0.39 is 10.8 Å². The molecule has 2 amide bonds. The van der Waals surface area contributed by atoms with Gasteiger partial charge in [-0.15, -0.1) is 0 Å². The normalized spacial score (nSPS) is 13.0. The van der Waals surface area contributed by atoms with Crippen LogP contribution in [0, 0.1) is 16.0 Å². The molecule has 0 aromatic heterocycles. The second-order valence-electron chi connectivity index (χ2n) is 6.03. The molecule has 0 radical (unpaired) electrons. The van der Waals surface area contributed by atoms with Crippen molar-refractivity contribution < 1.29 is 14.5 Å². The Morgan fingerprint density at radius 3 is 2.19 bits per heavy atom. The monoisotopic (exact) mass is 354 g/mol. The zero-order chi connectivity index (χ0) is 18.7. The fourth-order valence-corrected chi connectivity index (χ4v) is 2.48. The van der Waals surface area contributed by atoms with Crippen molar-refractivity contribution in [2.75, 3.05) is 23.0 Å². The molecule has 0 atom stereocenters. The Morgan fingerprint density at radius 1 is 1.04 bits per heavy atom. The maximum absolute atomic E-state index is 12.5. The number of non-ortho nitro benzene ring substituents is 1. The van der Waals surface area contributed by atoms with Gasteiger partial charge in [0.2, 0.25) is 5.91 Å². The molecule has 8 nitrogen and oxygen atoms in total. The van der Waals surface area contributed by atoms with Crippen molar-refractivity contribution in [3.8, 4) is 0 Å². The van der Waals surface area contributed by atoms with Crippen LogP contribution in [-0.2, 0) is 4.79 Å². The number of hydrogen-bond acceptors (Lipinski definition) is 5. The van der Waals surface area contributed by atoms with E-state index in [0.717, 1.165) is 12.8 Å². The number of nitrogens with zero attached hydrogens (tertiary/aromatic N) is 1. The largest absolute Gasteiger partial charge is 0.387 e. The lowest BCUT2D eigenvalue weighted by atomic mass is 10.1. The predicted molar refractivity (Wildman–Crippen MR) is 98.4 cm³/mol. The quantitative estimate of drug-likeness (QED) is 0.544. The third kappa shape index (κ3) is 3.97. The highest BCUT2D eigenvalue weighted by atomic mass is 16.6. The molecule has 1 aliphatic rings. The molecule has 3 rings (SSSR count). The third-order valence-electron chi connectivity index (χ3n) is 4.09. The first kappa shape index (κ1) is 17.4. The van der Waals surface area contributed by atoms with Crippen molar-refractivity contribution in [3.63, 3.8) is 0 Å². The van der Waals surface area contributed by atoms with E-state index in [2.05, 4.69) is 16.0 Å². The molecule has 0 heterocycles. The molecule has 2 aromatic carbocycles. The standard InChI is InChI=1S/C18H18N4O4/c1-19-16-9-8-14(22(25)26)10-15(16)18(24)21-13-6-4-12(5-7-13)20-17(23)11-2-3-11/h4-11,19H,2-3H2,1H3,(H,20,23)(H,21,24). The Morgan fingerprint density at radius 2 is 1.65 bits per heavy atom. The van der Waals surface area contributed by atoms with Gasteiger partial charge in [-0.3, -0.25) is 19.7 Å². The summed E-state index contributed by atoms with van der Waals surface area (Å²) in [5.74, 6) is -0.340. The molecule has 1 fully saturated rings.